The third-order valence-electron chi connectivity index (χ3n) is 16.0. The average molecular weight is 1550 g/mol. The Morgan fingerprint density at radius 1 is 0.482 bits per heavy atom. The number of carboxylic acid groups (broad SMARTS) is 1. The number of nitrogens with one attached hydrogen (secondary N) is 7. The van der Waals surface area contributed by atoms with Crippen LogP contribution in [0.2, 0.25) is 0 Å². The maximum absolute atomic E-state index is 12.5. The van der Waals surface area contributed by atoms with Gasteiger partial charge in [0.25, 0.3) is 45.9 Å². The summed E-state index contributed by atoms with van der Waals surface area (Å²) in [6.07, 6.45) is 8.92. The first-order valence-electron chi connectivity index (χ1n) is 34.8. The number of nitro benzene ring substituents is 6. The van der Waals surface area contributed by atoms with E-state index in [9.17, 15) is 99.4 Å². The van der Waals surface area contributed by atoms with E-state index in [0.717, 1.165) is 63.4 Å². The average Bonchev–Trinajstić information content (AvgIpc) is 0.826. The molecule has 3 aliphatic rings. The van der Waals surface area contributed by atoms with Crippen LogP contribution < -0.4 is 59.8 Å². The lowest BCUT2D eigenvalue weighted by Crippen LogP contribution is -2.32. The Bertz CT molecular complexity index is 4430. The first kappa shape index (κ1) is 87.8. The molecular formula is C70H85N17O22S. The second-order valence-corrected chi connectivity index (χ2v) is 24.5. The van der Waals surface area contributed by atoms with Crippen LogP contribution in [0.15, 0.2) is 124 Å². The van der Waals surface area contributed by atoms with Crippen molar-refractivity contribution < 1.29 is 72.7 Å². The fraction of sp³-hybridized carbons (Fsp3) is 0.371. The highest BCUT2D eigenvalue weighted by molar-refractivity contribution is 7.80. The number of para-hydroxylation sites is 1. The van der Waals surface area contributed by atoms with Crippen molar-refractivity contribution in [3.05, 3.63) is 192 Å². The maximum atomic E-state index is 12.5. The number of rotatable bonds is 40. The predicted molar refractivity (Wildman–Crippen MR) is 410 cm³/mol. The number of thiocarbonyl (C=S) groups is 1. The van der Waals surface area contributed by atoms with Gasteiger partial charge in [0.05, 0.1) is 53.3 Å². The largest absolute Gasteiger partial charge is 0.478 e. The van der Waals surface area contributed by atoms with Crippen LogP contribution in [0.3, 0.4) is 0 Å². The van der Waals surface area contributed by atoms with Gasteiger partial charge in [-0.05, 0) is 144 Å². The Balaban J connectivity index is 0.000000314. The summed E-state index contributed by atoms with van der Waals surface area (Å²) in [5, 5.41) is 97.6. The number of amides is 4. The van der Waals surface area contributed by atoms with Gasteiger partial charge in [0.2, 0.25) is 11.8 Å². The molecule has 4 amide bonds. The Morgan fingerprint density at radius 3 is 1.37 bits per heavy atom. The molecule has 0 spiro atoms. The summed E-state index contributed by atoms with van der Waals surface area (Å²) in [6.45, 7) is 4.67. The highest BCUT2D eigenvalue weighted by atomic mass is 32.1. The SMILES string of the molecule is NCCCN.NCCCNC(=O)CCCCCNc1ccc([N+](=O)[O-])cc1[N+](=O)[O-].O=C(CCCCCNc1ccc([N+](=O)[O-])cc1[N+](=O)[O-])NCCCNC(=S)Nc1ccc(-c2c3ccc(=O)cc-3oc3ccccc23)c(C(=O)O)c1.O=C(CCCCCNc1ccc([N+](=O)[O-])cc1[N+](=O)[O-])ON1C(=O)CCC1=O. The number of benzene rings is 6. The van der Waals surface area contributed by atoms with Gasteiger partial charge in [0.15, 0.2) is 10.5 Å². The summed E-state index contributed by atoms with van der Waals surface area (Å²) in [5.74, 6) is -2.65. The fourth-order valence-electron chi connectivity index (χ4n) is 10.5. The Kier molecular flexibility index (Phi) is 37.0. The van der Waals surface area contributed by atoms with E-state index in [0.29, 0.717) is 148 Å². The number of hydrogen-bond donors (Lipinski definition) is 11. The number of fused-ring (bicyclic) bond motifs is 2. The van der Waals surface area contributed by atoms with Gasteiger partial charge in [-0.15, -0.1) is 5.06 Å². The van der Waals surface area contributed by atoms with Crippen LogP contribution in [0, 0.1) is 60.7 Å². The molecule has 39 nitrogen and oxygen atoms in total. The van der Waals surface area contributed by atoms with Crippen LogP contribution in [-0.2, 0) is 28.8 Å². The monoisotopic (exact) mass is 1550 g/mol. The van der Waals surface area contributed by atoms with Crippen molar-refractivity contribution >= 4 is 121 Å². The lowest BCUT2D eigenvalue weighted by molar-refractivity contribution is -0.393. The number of carboxylic acids is 1. The van der Waals surface area contributed by atoms with Gasteiger partial charge >= 0.3 is 11.9 Å². The summed E-state index contributed by atoms with van der Waals surface area (Å²) in [7, 11) is 0. The predicted octanol–water partition coefficient (Wildman–Crippen LogP) is 9.86. The molecule has 2 aliphatic heterocycles. The quantitative estimate of drug-likeness (QED) is 0.00425. The van der Waals surface area contributed by atoms with Gasteiger partial charge in [0, 0.05) is 118 Å². The number of carbonyl (C=O) groups excluding carboxylic acids is 5. The minimum Gasteiger partial charge on any atom is -0.478 e. The smallest absolute Gasteiger partial charge is 0.336 e. The summed E-state index contributed by atoms with van der Waals surface area (Å²) in [4.78, 5) is 149. The molecule has 0 atom stereocenters. The lowest BCUT2D eigenvalue weighted by atomic mass is 9.90. The Hall–Kier alpha value is -12.8. The minimum atomic E-state index is -1.14. The van der Waals surface area contributed by atoms with Crippen molar-refractivity contribution in [3.8, 4) is 22.5 Å². The molecule has 14 N–H and O–H groups in total. The van der Waals surface area contributed by atoms with Crippen molar-refractivity contribution in [2.75, 3.05) is 80.2 Å². The van der Waals surface area contributed by atoms with Gasteiger partial charge in [-0.1, -0.05) is 43.5 Å². The third kappa shape index (κ3) is 29.2. The van der Waals surface area contributed by atoms with Crippen molar-refractivity contribution in [3.63, 3.8) is 0 Å². The summed E-state index contributed by atoms with van der Waals surface area (Å²) in [6, 6.07) is 26.8. The van der Waals surface area contributed by atoms with E-state index in [2.05, 4.69) is 37.2 Å². The second-order valence-electron chi connectivity index (χ2n) is 24.1. The van der Waals surface area contributed by atoms with Crippen LogP contribution in [0.4, 0.5) is 56.9 Å². The highest BCUT2D eigenvalue weighted by Gasteiger charge is 2.33. The molecule has 5 aromatic carbocycles. The summed E-state index contributed by atoms with van der Waals surface area (Å²) >= 11 is 5.41. The molecule has 0 aromatic heterocycles. The van der Waals surface area contributed by atoms with Crippen LogP contribution in [0.5, 0.6) is 0 Å². The molecule has 588 valence electrons. The number of aromatic carboxylic acids is 1. The van der Waals surface area contributed by atoms with Crippen molar-refractivity contribution in [1.82, 2.24) is 21.0 Å². The third-order valence-corrected chi connectivity index (χ3v) is 16.2. The van der Waals surface area contributed by atoms with Gasteiger partial charge in [-0.2, -0.15) is 0 Å². The van der Waals surface area contributed by atoms with Gasteiger partial charge < -0.3 is 68.8 Å². The number of unbranched alkanes of at least 4 members (excludes halogenated alkanes) is 6. The van der Waals surface area contributed by atoms with Crippen LogP contribution in [0.25, 0.3) is 33.4 Å². The van der Waals surface area contributed by atoms with Gasteiger partial charge in [0.1, 0.15) is 28.4 Å². The zero-order chi connectivity index (χ0) is 80.7. The Morgan fingerprint density at radius 2 is 0.927 bits per heavy atom. The number of carbonyl (C=O) groups is 6. The van der Waals surface area contributed by atoms with E-state index in [1.807, 2.05) is 12.1 Å². The molecular weight excluding hydrogens is 1460 g/mol. The number of nitrogens with two attached hydrogens (primary N) is 3. The summed E-state index contributed by atoms with van der Waals surface area (Å²) in [5.41, 5.74) is 16.4. The zero-order valence-corrected chi connectivity index (χ0v) is 60.5. The van der Waals surface area contributed by atoms with Crippen molar-refractivity contribution in [2.24, 2.45) is 17.2 Å². The summed E-state index contributed by atoms with van der Waals surface area (Å²) < 4.78 is 5.95. The number of hydroxylamine groups is 2. The normalized spacial score (nSPS) is 11.3. The van der Waals surface area contributed by atoms with Crippen molar-refractivity contribution in [2.45, 2.75) is 109 Å². The van der Waals surface area contributed by atoms with Gasteiger partial charge in [-0.25, -0.2) is 9.59 Å². The van der Waals surface area contributed by atoms with Crippen LogP contribution >= 0.6 is 12.2 Å². The fourth-order valence-corrected chi connectivity index (χ4v) is 10.7. The molecule has 1 aliphatic carbocycles. The molecule has 0 bridgehead atoms. The number of nitro groups is 6. The van der Waals surface area contributed by atoms with E-state index in [1.54, 1.807) is 30.3 Å². The zero-order valence-electron chi connectivity index (χ0n) is 59.6. The second kappa shape index (κ2) is 46.3. The molecule has 2 heterocycles. The molecule has 110 heavy (non-hydrogen) atoms. The van der Waals surface area contributed by atoms with E-state index < -0.39 is 59.0 Å². The molecule has 0 saturated carbocycles. The molecule has 8 rings (SSSR count). The number of anilines is 4. The number of imide groups is 1. The lowest BCUT2D eigenvalue weighted by Gasteiger charge is -2.17. The van der Waals surface area contributed by atoms with Crippen LogP contribution in [0.1, 0.15) is 120 Å². The minimum absolute atomic E-state index is 0.00702. The molecule has 1 saturated heterocycles. The number of nitrogens with zero attached hydrogens (tertiary/aromatic N) is 7. The molecule has 0 radical (unpaired) electrons. The topological polar surface area (TPSA) is 586 Å². The van der Waals surface area contributed by atoms with E-state index >= 15 is 0 Å². The Labute approximate surface area is 632 Å². The van der Waals surface area contributed by atoms with Crippen molar-refractivity contribution in [1.29, 1.82) is 0 Å². The first-order valence-corrected chi connectivity index (χ1v) is 35.2. The number of hydrogen-bond acceptors (Lipinski definition) is 28. The maximum Gasteiger partial charge on any atom is 0.336 e. The first-order chi connectivity index (χ1) is 52.7. The molecule has 5 aromatic rings. The van der Waals surface area contributed by atoms with E-state index in [-0.39, 0.29) is 92.7 Å². The van der Waals surface area contributed by atoms with E-state index in [4.69, 9.17) is 38.7 Å². The molecule has 0 unspecified atom stereocenters. The molecule has 1 fully saturated rings. The highest BCUT2D eigenvalue weighted by Crippen LogP contribution is 2.42. The van der Waals surface area contributed by atoms with Crippen LogP contribution in [-0.4, -0.2) is 139 Å². The standard InChI is InChI=1S/C36H34N6O9S.C16H18N4O8.C15H23N5O5.C3H10N2/c43-24-12-14-27-32(21-24)51-31-8-4-3-7-26(31)34(27)25-13-10-22(19-28(25)35(45)46)40-36(52)39-18-6-17-38-33(44)9-2-1-5-16-37-29-15-11-23(41(47)48)20-30(29)42(49)50;21-14-7-8-15(22)18(14)28-16(23)4-2-1-3-9-17-12-6-5-11(19(24)25)10-13(12)20(26)27;16-8-4-10-18-15(21)5-2-1-3-9-17-13-7-6-12(19(22)23)11-14(13)20(24)25;4-2-1-3-5/h3-4,7-8,10-15,19-21,37H,1-2,5-6,9,16-18H2,(H,38,44)(H,45,46)(H2,39,40,52);5-6,10,17H,1-4,7-9H2;6-7,11,17H,1-5,8-10,16H2,(H,18,21);1-5H2. The van der Waals surface area contributed by atoms with Gasteiger partial charge in [-0.3, -0.25) is 84.7 Å². The van der Waals surface area contributed by atoms with E-state index in [1.165, 1.54) is 54.6 Å². The number of non-ortho nitro benzene ring substituents is 3. The molecule has 40 heteroatoms.